The van der Waals surface area contributed by atoms with Crippen LogP contribution >= 0.6 is 0 Å². The molecule has 2 amide bonds. The third-order valence-electron chi connectivity index (χ3n) is 3.66. The molecule has 3 N–H and O–H groups in total. The average molecular weight is 325 g/mol. The van der Waals surface area contributed by atoms with Gasteiger partial charge in [0.1, 0.15) is 5.52 Å². The smallest absolute Gasteiger partial charge is 0.319 e. The molecule has 24 heavy (non-hydrogen) atoms. The van der Waals surface area contributed by atoms with Gasteiger partial charge in [0.2, 0.25) is 0 Å². The highest BCUT2D eigenvalue weighted by Gasteiger charge is 2.06. The number of aromatic nitrogens is 1. The van der Waals surface area contributed by atoms with E-state index in [-0.39, 0.29) is 12.6 Å². The predicted molar refractivity (Wildman–Crippen MR) is 91.8 cm³/mol. The summed E-state index contributed by atoms with van der Waals surface area (Å²) < 4.78 is 5.40. The van der Waals surface area contributed by atoms with Crippen LogP contribution < -0.4 is 10.6 Å². The first-order valence-corrected chi connectivity index (χ1v) is 7.75. The van der Waals surface area contributed by atoms with Crippen LogP contribution in [0, 0.1) is 6.92 Å². The number of fused-ring (bicyclic) bond motifs is 1. The zero-order chi connectivity index (χ0) is 16.9. The van der Waals surface area contributed by atoms with Gasteiger partial charge in [-0.2, -0.15) is 0 Å². The Morgan fingerprint density at radius 3 is 2.67 bits per heavy atom. The van der Waals surface area contributed by atoms with Crippen molar-refractivity contribution in [2.75, 3.05) is 11.9 Å². The second-order valence-corrected chi connectivity index (χ2v) is 5.52. The summed E-state index contributed by atoms with van der Waals surface area (Å²) in [6.07, 6.45) is 0.723. The summed E-state index contributed by atoms with van der Waals surface area (Å²) in [5, 5.41) is 14.6. The molecule has 0 saturated carbocycles. The zero-order valence-electron chi connectivity index (χ0n) is 13.4. The van der Waals surface area contributed by atoms with Crippen LogP contribution in [-0.2, 0) is 13.0 Å². The Morgan fingerprint density at radius 2 is 1.92 bits per heavy atom. The highest BCUT2D eigenvalue weighted by Crippen LogP contribution is 2.19. The van der Waals surface area contributed by atoms with E-state index in [0.717, 1.165) is 17.5 Å². The number of aryl methyl sites for hydroxylation is 1. The van der Waals surface area contributed by atoms with Crippen molar-refractivity contribution in [3.8, 4) is 0 Å². The molecule has 0 radical (unpaired) electrons. The first-order valence-electron chi connectivity index (χ1n) is 7.75. The number of aliphatic hydroxyl groups is 1. The van der Waals surface area contributed by atoms with Crippen molar-refractivity contribution in [3.63, 3.8) is 0 Å². The van der Waals surface area contributed by atoms with Gasteiger partial charge in [-0.3, -0.25) is 0 Å². The third kappa shape index (κ3) is 3.91. The molecule has 1 aromatic heterocycles. The summed E-state index contributed by atoms with van der Waals surface area (Å²) in [4.78, 5) is 16.2. The minimum Gasteiger partial charge on any atom is -0.441 e. The molecule has 0 fully saturated rings. The maximum absolute atomic E-state index is 11.9. The minimum absolute atomic E-state index is 0.0380. The number of hydrogen-bond donors (Lipinski definition) is 3. The van der Waals surface area contributed by atoms with Gasteiger partial charge in [0.25, 0.3) is 0 Å². The first kappa shape index (κ1) is 16.0. The molecular weight excluding hydrogens is 306 g/mol. The van der Waals surface area contributed by atoms with E-state index in [9.17, 15) is 4.79 Å². The molecule has 0 unspecified atom stereocenters. The molecule has 0 aliphatic carbocycles. The Bertz CT molecular complexity index is 840. The highest BCUT2D eigenvalue weighted by molar-refractivity contribution is 5.91. The van der Waals surface area contributed by atoms with Crippen LogP contribution in [0.3, 0.4) is 0 Å². The molecule has 0 aliphatic rings. The van der Waals surface area contributed by atoms with E-state index in [2.05, 4.69) is 15.6 Å². The number of carbonyl (C=O) groups excluding carboxylic acids is 1. The second kappa shape index (κ2) is 7.14. The molecule has 124 valence electrons. The fourth-order valence-electron chi connectivity index (χ4n) is 2.43. The topological polar surface area (TPSA) is 87.4 Å². The van der Waals surface area contributed by atoms with Crippen LogP contribution in [0.2, 0.25) is 0 Å². The Morgan fingerprint density at radius 1 is 1.17 bits per heavy atom. The summed E-state index contributed by atoms with van der Waals surface area (Å²) in [5.41, 5.74) is 4.06. The van der Waals surface area contributed by atoms with Crippen LogP contribution in [0.4, 0.5) is 10.5 Å². The fraction of sp³-hybridized carbons (Fsp3) is 0.222. The summed E-state index contributed by atoms with van der Waals surface area (Å²) in [6.45, 7) is 2.35. The van der Waals surface area contributed by atoms with Crippen molar-refractivity contribution in [3.05, 3.63) is 59.5 Å². The standard InChI is InChI=1S/C18H19N3O3/c1-12-20-16-10-15(6-7-17(16)24-12)21-18(23)19-9-8-13-2-4-14(11-22)5-3-13/h2-7,10,22H,8-9,11H2,1H3,(H2,19,21,23). The van der Waals surface area contributed by atoms with Gasteiger partial charge in [-0.05, 0) is 35.7 Å². The summed E-state index contributed by atoms with van der Waals surface area (Å²) in [6, 6.07) is 12.7. The van der Waals surface area contributed by atoms with Crippen molar-refractivity contribution < 1.29 is 14.3 Å². The second-order valence-electron chi connectivity index (χ2n) is 5.52. The maximum Gasteiger partial charge on any atom is 0.319 e. The van der Waals surface area contributed by atoms with E-state index in [4.69, 9.17) is 9.52 Å². The number of benzene rings is 2. The molecule has 0 saturated heterocycles. The Hall–Kier alpha value is -2.86. The van der Waals surface area contributed by atoms with Crippen LogP contribution in [0.25, 0.3) is 11.1 Å². The van der Waals surface area contributed by atoms with Crippen LogP contribution in [0.5, 0.6) is 0 Å². The number of amides is 2. The van der Waals surface area contributed by atoms with E-state index in [1.807, 2.05) is 24.3 Å². The number of urea groups is 1. The third-order valence-corrected chi connectivity index (χ3v) is 3.66. The lowest BCUT2D eigenvalue weighted by Crippen LogP contribution is -2.30. The van der Waals surface area contributed by atoms with E-state index in [1.165, 1.54) is 0 Å². The van der Waals surface area contributed by atoms with Crippen molar-refractivity contribution >= 4 is 22.8 Å². The number of rotatable bonds is 5. The monoisotopic (exact) mass is 325 g/mol. The number of anilines is 1. The normalized spacial score (nSPS) is 10.8. The lowest BCUT2D eigenvalue weighted by Gasteiger charge is -2.08. The van der Waals surface area contributed by atoms with Gasteiger partial charge < -0.3 is 20.2 Å². The minimum atomic E-state index is -0.262. The van der Waals surface area contributed by atoms with Crippen LogP contribution in [0.1, 0.15) is 17.0 Å². The van der Waals surface area contributed by atoms with Crippen molar-refractivity contribution in [2.45, 2.75) is 20.0 Å². The molecule has 0 spiro atoms. The Labute approximate surface area is 139 Å². The summed E-state index contributed by atoms with van der Waals surface area (Å²) in [7, 11) is 0. The molecule has 6 nitrogen and oxygen atoms in total. The van der Waals surface area contributed by atoms with Crippen molar-refractivity contribution in [1.29, 1.82) is 0 Å². The van der Waals surface area contributed by atoms with Gasteiger partial charge in [0, 0.05) is 19.2 Å². The molecule has 3 rings (SSSR count). The lowest BCUT2D eigenvalue weighted by molar-refractivity contribution is 0.252. The fourth-order valence-corrected chi connectivity index (χ4v) is 2.43. The SMILES string of the molecule is Cc1nc2cc(NC(=O)NCCc3ccc(CO)cc3)ccc2o1. The number of oxazole rings is 1. The van der Waals surface area contributed by atoms with E-state index in [1.54, 1.807) is 25.1 Å². The number of aliphatic hydroxyl groups excluding tert-OH is 1. The Kier molecular flexibility index (Phi) is 4.77. The van der Waals surface area contributed by atoms with Gasteiger partial charge >= 0.3 is 6.03 Å². The van der Waals surface area contributed by atoms with Gasteiger partial charge in [0.05, 0.1) is 6.61 Å². The molecule has 3 aromatic rings. The molecular formula is C18H19N3O3. The van der Waals surface area contributed by atoms with E-state index < -0.39 is 0 Å². The van der Waals surface area contributed by atoms with Crippen LogP contribution in [-0.4, -0.2) is 22.7 Å². The number of nitrogens with one attached hydrogen (secondary N) is 2. The molecule has 0 bridgehead atoms. The summed E-state index contributed by atoms with van der Waals surface area (Å²) >= 11 is 0. The Balaban J connectivity index is 1.50. The maximum atomic E-state index is 11.9. The van der Waals surface area contributed by atoms with Crippen molar-refractivity contribution in [1.82, 2.24) is 10.3 Å². The van der Waals surface area contributed by atoms with Gasteiger partial charge in [0.15, 0.2) is 11.5 Å². The summed E-state index contributed by atoms with van der Waals surface area (Å²) in [5.74, 6) is 0.596. The van der Waals surface area contributed by atoms with E-state index in [0.29, 0.717) is 29.2 Å². The van der Waals surface area contributed by atoms with Gasteiger partial charge in [-0.15, -0.1) is 0 Å². The lowest BCUT2D eigenvalue weighted by atomic mass is 10.1. The van der Waals surface area contributed by atoms with Crippen molar-refractivity contribution in [2.24, 2.45) is 0 Å². The first-order chi connectivity index (χ1) is 11.6. The highest BCUT2D eigenvalue weighted by atomic mass is 16.3. The predicted octanol–water partition coefficient (Wildman–Crippen LogP) is 2.99. The molecule has 0 aliphatic heterocycles. The zero-order valence-corrected chi connectivity index (χ0v) is 13.4. The quantitative estimate of drug-likeness (QED) is 0.673. The van der Waals surface area contributed by atoms with Gasteiger partial charge in [-0.1, -0.05) is 24.3 Å². The molecule has 1 heterocycles. The van der Waals surface area contributed by atoms with Gasteiger partial charge in [-0.25, -0.2) is 9.78 Å². The molecule has 2 aromatic carbocycles. The number of hydrogen-bond acceptors (Lipinski definition) is 4. The average Bonchev–Trinajstić information content (AvgIpc) is 2.95. The largest absolute Gasteiger partial charge is 0.441 e. The molecule has 0 atom stereocenters. The van der Waals surface area contributed by atoms with E-state index >= 15 is 0 Å². The van der Waals surface area contributed by atoms with Crippen LogP contribution in [0.15, 0.2) is 46.9 Å². The number of carbonyl (C=O) groups is 1. The number of nitrogens with zero attached hydrogens (tertiary/aromatic N) is 1. The molecule has 6 heteroatoms.